The molecule has 1 amide bonds. The van der Waals surface area contributed by atoms with E-state index in [0.717, 1.165) is 6.42 Å². The molecule has 19 heavy (non-hydrogen) atoms. The Kier molecular flexibility index (Phi) is 5.35. The van der Waals surface area contributed by atoms with Crippen LogP contribution in [0.4, 0.5) is 0 Å². The maximum atomic E-state index is 12.1. The highest BCUT2D eigenvalue weighted by molar-refractivity contribution is 5.85. The zero-order valence-electron chi connectivity index (χ0n) is 12.0. The minimum absolute atomic E-state index is 0.177. The second-order valence-electron chi connectivity index (χ2n) is 6.09. The minimum atomic E-state index is -0.923. The Morgan fingerprint density at radius 3 is 2.42 bits per heavy atom. The Balaban J connectivity index is 2.55. The fraction of sp³-hybridized carbons (Fsp3) is 0.857. The first-order chi connectivity index (χ1) is 8.76. The molecule has 0 spiro atoms. The van der Waals surface area contributed by atoms with Gasteiger partial charge in [-0.15, -0.1) is 0 Å². The number of carbonyl (C=O) groups is 2. The Labute approximate surface area is 114 Å². The van der Waals surface area contributed by atoms with Gasteiger partial charge in [0.25, 0.3) is 0 Å². The van der Waals surface area contributed by atoms with Crippen molar-refractivity contribution in [3.05, 3.63) is 0 Å². The number of hydrogen-bond acceptors (Lipinski definition) is 3. The Bertz CT molecular complexity index is 340. The van der Waals surface area contributed by atoms with Gasteiger partial charge >= 0.3 is 5.97 Å². The molecule has 2 unspecified atom stereocenters. The largest absolute Gasteiger partial charge is 0.481 e. The lowest BCUT2D eigenvalue weighted by Gasteiger charge is -2.24. The first kappa shape index (κ1) is 16.0. The van der Waals surface area contributed by atoms with Gasteiger partial charge in [0.05, 0.1) is 17.4 Å². The molecular formula is C14H25NO4. The van der Waals surface area contributed by atoms with Crippen molar-refractivity contribution in [2.24, 2.45) is 17.8 Å². The SMILES string of the molecule is CCCC(C)(O)CNC(=O)[C@H]1CC(C)C[C@H]1C(=O)O. The first-order valence-electron chi connectivity index (χ1n) is 6.99. The van der Waals surface area contributed by atoms with Gasteiger partial charge in [-0.25, -0.2) is 0 Å². The molecule has 0 saturated heterocycles. The second-order valence-corrected chi connectivity index (χ2v) is 6.09. The lowest BCUT2D eigenvalue weighted by molar-refractivity contribution is -0.146. The molecule has 1 aliphatic rings. The number of amides is 1. The monoisotopic (exact) mass is 271 g/mol. The van der Waals surface area contributed by atoms with Crippen LogP contribution in [0.25, 0.3) is 0 Å². The smallest absolute Gasteiger partial charge is 0.307 e. The standard InChI is InChI=1S/C14H25NO4/c1-4-5-14(3,19)8-15-12(16)10-6-9(2)7-11(10)13(17)18/h9-11,19H,4-8H2,1-3H3,(H,15,16)(H,17,18)/t9?,10-,11+,14?/m0/s1. The van der Waals surface area contributed by atoms with E-state index < -0.39 is 23.4 Å². The molecule has 1 saturated carbocycles. The fourth-order valence-electron chi connectivity index (χ4n) is 2.89. The molecule has 0 aliphatic heterocycles. The van der Waals surface area contributed by atoms with Crippen LogP contribution in [-0.2, 0) is 9.59 Å². The van der Waals surface area contributed by atoms with E-state index in [1.807, 2.05) is 13.8 Å². The van der Waals surface area contributed by atoms with E-state index in [4.69, 9.17) is 5.11 Å². The maximum Gasteiger partial charge on any atom is 0.307 e. The third-order valence-corrected chi connectivity index (χ3v) is 3.88. The lowest BCUT2D eigenvalue weighted by atomic mass is 9.94. The van der Waals surface area contributed by atoms with Crippen molar-refractivity contribution in [3.8, 4) is 0 Å². The number of hydrogen-bond donors (Lipinski definition) is 3. The molecule has 1 aliphatic carbocycles. The van der Waals surface area contributed by atoms with Gasteiger partial charge in [-0.3, -0.25) is 9.59 Å². The minimum Gasteiger partial charge on any atom is -0.481 e. The molecule has 110 valence electrons. The average Bonchev–Trinajstić information content (AvgIpc) is 2.68. The summed E-state index contributed by atoms with van der Waals surface area (Å²) in [7, 11) is 0. The van der Waals surface area contributed by atoms with Crippen LogP contribution in [0.2, 0.25) is 0 Å². The first-order valence-corrected chi connectivity index (χ1v) is 6.99. The molecule has 3 N–H and O–H groups in total. The summed E-state index contributed by atoms with van der Waals surface area (Å²) in [5.74, 6) is -1.94. The number of nitrogens with one attached hydrogen (secondary N) is 1. The highest BCUT2D eigenvalue weighted by atomic mass is 16.4. The van der Waals surface area contributed by atoms with Crippen LogP contribution in [0.5, 0.6) is 0 Å². The fourth-order valence-corrected chi connectivity index (χ4v) is 2.89. The molecular weight excluding hydrogens is 246 g/mol. The van der Waals surface area contributed by atoms with Crippen LogP contribution >= 0.6 is 0 Å². The van der Waals surface area contributed by atoms with Gasteiger partial charge < -0.3 is 15.5 Å². The number of rotatable bonds is 6. The lowest BCUT2D eigenvalue weighted by Crippen LogP contribution is -2.44. The summed E-state index contributed by atoms with van der Waals surface area (Å²) in [6.07, 6.45) is 2.61. The summed E-state index contributed by atoms with van der Waals surface area (Å²) in [5.41, 5.74) is -0.923. The maximum absolute atomic E-state index is 12.1. The molecule has 5 heteroatoms. The van der Waals surface area contributed by atoms with Crippen LogP contribution in [0.3, 0.4) is 0 Å². The Morgan fingerprint density at radius 1 is 1.32 bits per heavy atom. The molecule has 0 heterocycles. The van der Waals surface area contributed by atoms with Gasteiger partial charge in [-0.2, -0.15) is 0 Å². The van der Waals surface area contributed by atoms with E-state index in [1.54, 1.807) is 6.92 Å². The Morgan fingerprint density at radius 2 is 1.89 bits per heavy atom. The van der Waals surface area contributed by atoms with Gasteiger partial charge in [0.2, 0.25) is 5.91 Å². The molecule has 0 aromatic heterocycles. The summed E-state index contributed by atoms with van der Waals surface area (Å²) in [6, 6.07) is 0. The third-order valence-electron chi connectivity index (χ3n) is 3.88. The Hall–Kier alpha value is -1.10. The van der Waals surface area contributed by atoms with Crippen LogP contribution < -0.4 is 5.32 Å². The van der Waals surface area contributed by atoms with E-state index >= 15 is 0 Å². The van der Waals surface area contributed by atoms with Crippen molar-refractivity contribution < 1.29 is 19.8 Å². The highest BCUT2D eigenvalue weighted by Crippen LogP contribution is 2.36. The number of carboxylic acid groups (broad SMARTS) is 1. The predicted octanol–water partition coefficient (Wildman–Crippen LogP) is 1.40. The van der Waals surface area contributed by atoms with Crippen molar-refractivity contribution >= 4 is 11.9 Å². The zero-order valence-corrected chi connectivity index (χ0v) is 12.0. The van der Waals surface area contributed by atoms with E-state index in [2.05, 4.69) is 5.32 Å². The number of carboxylic acids is 1. The predicted molar refractivity (Wildman–Crippen MR) is 71.6 cm³/mol. The van der Waals surface area contributed by atoms with Crippen LogP contribution in [0.1, 0.15) is 46.5 Å². The summed E-state index contributed by atoms with van der Waals surface area (Å²) >= 11 is 0. The van der Waals surface area contributed by atoms with Gasteiger partial charge in [-0.05, 0) is 32.1 Å². The normalized spacial score (nSPS) is 29.8. The molecule has 1 fully saturated rings. The number of aliphatic hydroxyl groups is 1. The third kappa shape index (κ3) is 4.49. The molecule has 0 radical (unpaired) electrons. The van der Waals surface area contributed by atoms with Crippen LogP contribution in [0, 0.1) is 17.8 Å². The van der Waals surface area contributed by atoms with Crippen molar-refractivity contribution in [2.75, 3.05) is 6.54 Å². The van der Waals surface area contributed by atoms with E-state index in [9.17, 15) is 14.7 Å². The van der Waals surface area contributed by atoms with Crippen molar-refractivity contribution in [1.82, 2.24) is 5.32 Å². The quantitative estimate of drug-likeness (QED) is 0.681. The molecule has 1 rings (SSSR count). The van der Waals surface area contributed by atoms with Gasteiger partial charge in [0, 0.05) is 6.54 Å². The summed E-state index contributed by atoms with van der Waals surface area (Å²) in [5, 5.41) is 21.8. The number of aliphatic carboxylic acids is 1. The van der Waals surface area contributed by atoms with Gasteiger partial charge in [-0.1, -0.05) is 20.3 Å². The van der Waals surface area contributed by atoms with E-state index in [0.29, 0.717) is 19.3 Å². The number of carbonyl (C=O) groups excluding carboxylic acids is 1. The van der Waals surface area contributed by atoms with E-state index in [-0.39, 0.29) is 18.4 Å². The molecule has 4 atom stereocenters. The summed E-state index contributed by atoms with van der Waals surface area (Å²) in [4.78, 5) is 23.2. The topological polar surface area (TPSA) is 86.6 Å². The second kappa shape index (κ2) is 6.37. The highest BCUT2D eigenvalue weighted by Gasteiger charge is 2.41. The molecule has 0 bridgehead atoms. The van der Waals surface area contributed by atoms with Crippen LogP contribution in [-0.4, -0.2) is 34.2 Å². The van der Waals surface area contributed by atoms with Crippen LogP contribution in [0.15, 0.2) is 0 Å². The van der Waals surface area contributed by atoms with Gasteiger partial charge in [0.1, 0.15) is 0 Å². The molecule has 5 nitrogen and oxygen atoms in total. The van der Waals surface area contributed by atoms with Crippen molar-refractivity contribution in [3.63, 3.8) is 0 Å². The van der Waals surface area contributed by atoms with Crippen molar-refractivity contribution in [1.29, 1.82) is 0 Å². The van der Waals surface area contributed by atoms with Gasteiger partial charge in [0.15, 0.2) is 0 Å². The molecule has 0 aromatic rings. The molecule has 0 aromatic carbocycles. The summed E-state index contributed by atoms with van der Waals surface area (Å²) in [6.45, 7) is 5.80. The average molecular weight is 271 g/mol. The van der Waals surface area contributed by atoms with E-state index in [1.165, 1.54) is 0 Å². The van der Waals surface area contributed by atoms with Crippen molar-refractivity contribution in [2.45, 2.75) is 52.1 Å². The zero-order chi connectivity index (χ0) is 14.6. The summed E-state index contributed by atoms with van der Waals surface area (Å²) < 4.78 is 0.